The Balaban J connectivity index is 1.40. The molecular weight excluding hydrogens is 256 g/mol. The number of nitrogens with zero attached hydrogens (tertiary/aromatic N) is 3. The smallest absolute Gasteiger partial charge is 0.202 e. The molecule has 1 N–H and O–H groups in total. The van der Waals surface area contributed by atoms with Gasteiger partial charge >= 0.3 is 0 Å². The van der Waals surface area contributed by atoms with Crippen LogP contribution in [0.25, 0.3) is 0 Å². The van der Waals surface area contributed by atoms with Gasteiger partial charge in [-0.05, 0) is 44.7 Å². The summed E-state index contributed by atoms with van der Waals surface area (Å²) in [6.07, 6.45) is 6.73. The first-order chi connectivity index (χ1) is 9.31. The normalized spacial score (nSPS) is 22.4. The highest BCUT2D eigenvalue weighted by Gasteiger charge is 2.27. The Kier molecular flexibility index (Phi) is 4.33. The fourth-order valence-corrected chi connectivity index (χ4v) is 3.37. The highest BCUT2D eigenvalue weighted by molar-refractivity contribution is 7.09. The Morgan fingerprint density at radius 2 is 2.11 bits per heavy atom. The van der Waals surface area contributed by atoms with Crippen LogP contribution in [0.3, 0.4) is 0 Å². The molecule has 1 aliphatic heterocycles. The minimum atomic E-state index is 0.664. The molecule has 2 heterocycles. The third kappa shape index (κ3) is 3.89. The molecular formula is C14H24N4S. The summed E-state index contributed by atoms with van der Waals surface area (Å²) >= 11 is 1.52. The van der Waals surface area contributed by atoms with Gasteiger partial charge in [-0.15, -0.1) is 0 Å². The molecule has 1 unspecified atom stereocenters. The highest BCUT2D eigenvalue weighted by Crippen LogP contribution is 2.39. The van der Waals surface area contributed by atoms with Gasteiger partial charge in [-0.2, -0.15) is 4.37 Å². The van der Waals surface area contributed by atoms with E-state index in [1.807, 2.05) is 0 Å². The van der Waals surface area contributed by atoms with Crippen LogP contribution in [0.5, 0.6) is 0 Å². The van der Waals surface area contributed by atoms with Crippen molar-refractivity contribution >= 4 is 16.7 Å². The van der Waals surface area contributed by atoms with E-state index in [2.05, 4.69) is 26.5 Å². The van der Waals surface area contributed by atoms with Gasteiger partial charge in [0.1, 0.15) is 5.82 Å². The summed E-state index contributed by atoms with van der Waals surface area (Å²) in [7, 11) is 0. The molecule has 0 aromatic carbocycles. The minimum Gasteiger partial charge on any atom is -0.360 e. The van der Waals surface area contributed by atoms with Crippen molar-refractivity contribution in [2.75, 3.05) is 31.5 Å². The Bertz CT molecular complexity index is 396. The van der Waals surface area contributed by atoms with Crippen LogP contribution in [-0.4, -0.2) is 40.4 Å². The van der Waals surface area contributed by atoms with Crippen molar-refractivity contribution in [3.8, 4) is 0 Å². The van der Waals surface area contributed by atoms with Gasteiger partial charge in [-0.1, -0.05) is 13.3 Å². The predicted molar refractivity (Wildman–Crippen MR) is 79.8 cm³/mol. The van der Waals surface area contributed by atoms with E-state index in [1.54, 1.807) is 0 Å². The minimum absolute atomic E-state index is 0.664. The predicted octanol–water partition coefficient (Wildman–Crippen LogP) is 2.95. The Labute approximate surface area is 119 Å². The molecule has 19 heavy (non-hydrogen) atoms. The summed E-state index contributed by atoms with van der Waals surface area (Å²) in [5, 5.41) is 4.46. The summed E-state index contributed by atoms with van der Waals surface area (Å²) in [4.78, 5) is 7.18. The molecule has 5 heteroatoms. The summed E-state index contributed by atoms with van der Waals surface area (Å²) in [5.74, 6) is 2.40. The van der Waals surface area contributed by atoms with E-state index in [0.717, 1.165) is 17.5 Å². The van der Waals surface area contributed by atoms with E-state index < -0.39 is 0 Å². The Hall–Kier alpha value is -0.680. The monoisotopic (exact) mass is 280 g/mol. The average Bonchev–Trinajstić information content (AvgIpc) is 3.17. The number of anilines is 1. The van der Waals surface area contributed by atoms with Gasteiger partial charge < -0.3 is 10.2 Å². The highest BCUT2D eigenvalue weighted by atomic mass is 32.1. The van der Waals surface area contributed by atoms with Crippen LogP contribution in [0.4, 0.5) is 5.13 Å². The number of hydrogen-bond acceptors (Lipinski definition) is 5. The number of likely N-dealkylation sites (tertiary alicyclic amines) is 1. The van der Waals surface area contributed by atoms with Crippen molar-refractivity contribution in [2.24, 2.45) is 5.92 Å². The van der Waals surface area contributed by atoms with Gasteiger partial charge in [-0.25, -0.2) is 4.98 Å². The van der Waals surface area contributed by atoms with Gasteiger partial charge in [0.2, 0.25) is 5.13 Å². The fraction of sp³-hybridized carbons (Fsp3) is 0.857. The van der Waals surface area contributed by atoms with E-state index >= 15 is 0 Å². The van der Waals surface area contributed by atoms with E-state index in [1.165, 1.54) is 63.3 Å². The van der Waals surface area contributed by atoms with Crippen molar-refractivity contribution in [3.63, 3.8) is 0 Å². The SMILES string of the molecule is CC(CNc1nc(C2CC2)ns1)CN1CCCCC1. The van der Waals surface area contributed by atoms with Crippen molar-refractivity contribution in [2.45, 2.75) is 44.9 Å². The summed E-state index contributed by atoms with van der Waals surface area (Å²) in [6, 6.07) is 0. The number of piperidine rings is 1. The maximum absolute atomic E-state index is 4.57. The Morgan fingerprint density at radius 1 is 1.32 bits per heavy atom. The van der Waals surface area contributed by atoms with Crippen LogP contribution >= 0.6 is 11.5 Å². The van der Waals surface area contributed by atoms with Crippen LogP contribution in [0.15, 0.2) is 0 Å². The number of hydrogen-bond donors (Lipinski definition) is 1. The van der Waals surface area contributed by atoms with Gasteiger partial charge in [0.15, 0.2) is 0 Å². The first-order valence-corrected chi connectivity index (χ1v) is 8.38. The molecule has 2 fully saturated rings. The number of nitrogens with one attached hydrogen (secondary N) is 1. The van der Waals surface area contributed by atoms with Gasteiger partial charge in [0.25, 0.3) is 0 Å². The van der Waals surface area contributed by atoms with E-state index in [9.17, 15) is 0 Å². The molecule has 0 spiro atoms. The lowest BCUT2D eigenvalue weighted by molar-refractivity contribution is 0.204. The first kappa shape index (κ1) is 13.3. The molecule has 3 rings (SSSR count). The quantitative estimate of drug-likeness (QED) is 0.870. The molecule has 4 nitrogen and oxygen atoms in total. The molecule has 1 aromatic heterocycles. The van der Waals surface area contributed by atoms with Crippen molar-refractivity contribution in [1.82, 2.24) is 14.3 Å². The summed E-state index contributed by atoms with van der Waals surface area (Å²) in [6.45, 7) is 7.12. The fourth-order valence-electron chi connectivity index (χ4n) is 2.72. The molecule has 0 bridgehead atoms. The number of rotatable bonds is 6. The van der Waals surface area contributed by atoms with E-state index in [4.69, 9.17) is 0 Å². The third-order valence-electron chi connectivity index (χ3n) is 4.00. The summed E-state index contributed by atoms with van der Waals surface area (Å²) < 4.78 is 4.43. The van der Waals surface area contributed by atoms with Crippen LogP contribution < -0.4 is 5.32 Å². The molecule has 1 saturated heterocycles. The molecule has 0 amide bonds. The largest absolute Gasteiger partial charge is 0.360 e. The van der Waals surface area contributed by atoms with Crippen molar-refractivity contribution in [1.29, 1.82) is 0 Å². The number of aromatic nitrogens is 2. The second kappa shape index (κ2) is 6.18. The first-order valence-electron chi connectivity index (χ1n) is 7.61. The molecule has 2 aliphatic rings. The van der Waals surface area contributed by atoms with Gasteiger partial charge in [0, 0.05) is 30.5 Å². The molecule has 1 aliphatic carbocycles. The maximum atomic E-state index is 4.57. The summed E-state index contributed by atoms with van der Waals surface area (Å²) in [5.41, 5.74) is 0. The van der Waals surface area contributed by atoms with Crippen molar-refractivity contribution in [3.05, 3.63) is 5.82 Å². The van der Waals surface area contributed by atoms with Crippen LogP contribution in [0.2, 0.25) is 0 Å². The molecule has 0 radical (unpaired) electrons. The zero-order valence-electron chi connectivity index (χ0n) is 11.8. The standard InChI is InChI=1S/C14H24N4S/c1-11(10-18-7-3-2-4-8-18)9-15-14-16-13(17-19-14)12-5-6-12/h11-12H,2-10H2,1H3,(H,15,16,17). The zero-order valence-corrected chi connectivity index (χ0v) is 12.6. The molecule has 1 aromatic rings. The van der Waals surface area contributed by atoms with Crippen molar-refractivity contribution < 1.29 is 0 Å². The maximum Gasteiger partial charge on any atom is 0.202 e. The van der Waals surface area contributed by atoms with Gasteiger partial charge in [-0.3, -0.25) is 0 Å². The second-order valence-electron chi connectivity index (χ2n) is 6.08. The third-order valence-corrected chi connectivity index (χ3v) is 4.69. The Morgan fingerprint density at radius 3 is 2.84 bits per heavy atom. The van der Waals surface area contributed by atoms with Crippen LogP contribution in [-0.2, 0) is 0 Å². The zero-order chi connectivity index (χ0) is 13.1. The average molecular weight is 280 g/mol. The van der Waals surface area contributed by atoms with Crippen LogP contribution in [0, 0.1) is 5.92 Å². The lowest BCUT2D eigenvalue weighted by Gasteiger charge is -2.29. The molecule has 1 saturated carbocycles. The lowest BCUT2D eigenvalue weighted by Crippen LogP contribution is -2.35. The van der Waals surface area contributed by atoms with Crippen LogP contribution in [0.1, 0.15) is 50.8 Å². The van der Waals surface area contributed by atoms with Gasteiger partial charge in [0.05, 0.1) is 0 Å². The second-order valence-corrected chi connectivity index (χ2v) is 6.83. The molecule has 106 valence electrons. The van der Waals surface area contributed by atoms with E-state index in [-0.39, 0.29) is 0 Å². The van der Waals surface area contributed by atoms with E-state index in [0.29, 0.717) is 11.8 Å². The topological polar surface area (TPSA) is 41.1 Å². The lowest BCUT2D eigenvalue weighted by atomic mass is 10.1. The molecule has 1 atom stereocenters.